The molecule has 1 heterocycles. The molecule has 0 radical (unpaired) electrons. The molecule has 11 heteroatoms. The van der Waals surface area contributed by atoms with Crippen molar-refractivity contribution in [1.82, 2.24) is 14.9 Å². The van der Waals surface area contributed by atoms with E-state index in [1.54, 1.807) is 24.3 Å². The summed E-state index contributed by atoms with van der Waals surface area (Å²) in [6.45, 7) is 0.786. The minimum atomic E-state index is -3.22. The van der Waals surface area contributed by atoms with Gasteiger partial charge in [0.1, 0.15) is 0 Å². The topological polar surface area (TPSA) is 125 Å². The number of nitrogens with zero attached hydrogens (tertiary/aromatic N) is 1. The third-order valence-corrected chi connectivity index (χ3v) is 4.98. The lowest BCUT2D eigenvalue weighted by Crippen LogP contribution is -2.32. The summed E-state index contributed by atoms with van der Waals surface area (Å²) in [5.74, 6) is -0.0230. The van der Waals surface area contributed by atoms with E-state index in [0.717, 1.165) is 23.6 Å². The number of imide groups is 1. The number of benzene rings is 1. The quantitative estimate of drug-likeness (QED) is 0.558. The van der Waals surface area contributed by atoms with E-state index in [1.165, 1.54) is 4.90 Å². The first-order valence-electron chi connectivity index (χ1n) is 7.80. The highest BCUT2D eigenvalue weighted by molar-refractivity contribution is 8.14. The van der Waals surface area contributed by atoms with Crippen LogP contribution in [0.4, 0.5) is 15.3 Å². The SMILES string of the molecule is CS(=O)(=O)NCCCNC(=O)Nc1ccc(CN2C(=O)CSC2=O)cc1. The van der Waals surface area contributed by atoms with E-state index >= 15 is 0 Å². The van der Waals surface area contributed by atoms with Crippen LogP contribution in [-0.2, 0) is 21.4 Å². The number of hydrogen-bond acceptors (Lipinski definition) is 6. The molecule has 1 aromatic rings. The zero-order valence-electron chi connectivity index (χ0n) is 14.1. The van der Waals surface area contributed by atoms with Crippen LogP contribution in [0.15, 0.2) is 24.3 Å². The molecule has 1 saturated heterocycles. The van der Waals surface area contributed by atoms with Crippen LogP contribution in [0.25, 0.3) is 0 Å². The van der Waals surface area contributed by atoms with Gasteiger partial charge in [0.15, 0.2) is 0 Å². The fourth-order valence-electron chi connectivity index (χ4n) is 2.13. The molecule has 1 aromatic carbocycles. The summed E-state index contributed by atoms with van der Waals surface area (Å²) in [6.07, 6.45) is 1.54. The highest BCUT2D eigenvalue weighted by atomic mass is 32.2. The van der Waals surface area contributed by atoms with Crippen LogP contribution >= 0.6 is 11.8 Å². The van der Waals surface area contributed by atoms with Crippen molar-refractivity contribution in [1.29, 1.82) is 0 Å². The highest BCUT2D eigenvalue weighted by Crippen LogP contribution is 2.21. The number of nitrogens with one attached hydrogen (secondary N) is 3. The number of thioether (sulfide) groups is 1. The molecule has 1 aliphatic heterocycles. The van der Waals surface area contributed by atoms with Crippen molar-refractivity contribution in [3.8, 4) is 0 Å². The summed E-state index contributed by atoms with van der Waals surface area (Å²) < 4.78 is 24.1. The second-order valence-electron chi connectivity index (χ2n) is 5.63. The van der Waals surface area contributed by atoms with E-state index in [2.05, 4.69) is 15.4 Å². The maximum absolute atomic E-state index is 11.8. The van der Waals surface area contributed by atoms with Crippen LogP contribution in [0.2, 0.25) is 0 Å². The molecule has 0 spiro atoms. The number of rotatable bonds is 8. The number of hydrogen-bond donors (Lipinski definition) is 3. The van der Waals surface area contributed by atoms with Gasteiger partial charge in [-0.15, -0.1) is 0 Å². The Kier molecular flexibility index (Phi) is 7.00. The van der Waals surface area contributed by atoms with Crippen molar-refractivity contribution in [3.63, 3.8) is 0 Å². The Morgan fingerprint density at radius 2 is 1.88 bits per heavy atom. The number of carbonyl (C=O) groups is 3. The monoisotopic (exact) mass is 400 g/mol. The van der Waals surface area contributed by atoms with Gasteiger partial charge in [0.2, 0.25) is 15.9 Å². The van der Waals surface area contributed by atoms with Gasteiger partial charge in [-0.25, -0.2) is 17.9 Å². The van der Waals surface area contributed by atoms with Gasteiger partial charge in [0.25, 0.3) is 5.24 Å². The molecule has 3 N–H and O–H groups in total. The average Bonchev–Trinajstić information content (AvgIpc) is 2.87. The number of sulfonamides is 1. The van der Waals surface area contributed by atoms with Crippen LogP contribution < -0.4 is 15.4 Å². The number of anilines is 1. The summed E-state index contributed by atoms with van der Waals surface area (Å²) in [4.78, 5) is 36.1. The third-order valence-electron chi connectivity index (χ3n) is 3.40. The maximum atomic E-state index is 11.8. The van der Waals surface area contributed by atoms with Crippen LogP contribution in [0.1, 0.15) is 12.0 Å². The minimum absolute atomic E-state index is 0.179. The van der Waals surface area contributed by atoms with E-state index in [9.17, 15) is 22.8 Å². The Hall–Kier alpha value is -2.11. The molecule has 1 aliphatic rings. The van der Waals surface area contributed by atoms with Gasteiger partial charge >= 0.3 is 6.03 Å². The molecule has 2 rings (SSSR count). The summed E-state index contributed by atoms with van der Waals surface area (Å²) in [6, 6.07) is 6.42. The summed E-state index contributed by atoms with van der Waals surface area (Å²) in [7, 11) is -3.22. The highest BCUT2D eigenvalue weighted by Gasteiger charge is 2.29. The van der Waals surface area contributed by atoms with E-state index in [1.807, 2.05) is 0 Å². The van der Waals surface area contributed by atoms with E-state index in [-0.39, 0.29) is 30.0 Å². The van der Waals surface area contributed by atoms with Gasteiger partial charge in [0.05, 0.1) is 18.6 Å². The Bertz CT molecular complexity index is 764. The lowest BCUT2D eigenvalue weighted by molar-refractivity contribution is -0.125. The first-order chi connectivity index (χ1) is 12.2. The minimum Gasteiger partial charge on any atom is -0.338 e. The Morgan fingerprint density at radius 3 is 2.46 bits per heavy atom. The van der Waals surface area contributed by atoms with E-state index in [0.29, 0.717) is 18.7 Å². The predicted molar refractivity (Wildman–Crippen MR) is 99.3 cm³/mol. The second-order valence-corrected chi connectivity index (χ2v) is 8.39. The van der Waals surface area contributed by atoms with E-state index in [4.69, 9.17) is 0 Å². The van der Waals surface area contributed by atoms with Gasteiger partial charge in [-0.05, 0) is 24.1 Å². The predicted octanol–water partition coefficient (Wildman–Crippen LogP) is 0.943. The summed E-state index contributed by atoms with van der Waals surface area (Å²) in [5.41, 5.74) is 1.35. The average molecular weight is 400 g/mol. The van der Waals surface area contributed by atoms with Crippen LogP contribution in [0, 0.1) is 0 Å². The van der Waals surface area contributed by atoms with Gasteiger partial charge in [-0.2, -0.15) is 0 Å². The van der Waals surface area contributed by atoms with Gasteiger partial charge in [-0.3, -0.25) is 14.5 Å². The molecule has 0 aromatic heterocycles. The molecule has 1 fully saturated rings. The standard InChI is InChI=1S/C15H20N4O5S2/c1-26(23,24)17-8-2-7-16-14(21)18-12-5-3-11(4-6-12)9-19-13(20)10-25-15(19)22/h3-6,17H,2,7-10H2,1H3,(H2,16,18,21). The number of amides is 4. The van der Waals surface area contributed by atoms with Gasteiger partial charge < -0.3 is 10.6 Å². The molecule has 0 unspecified atom stereocenters. The van der Waals surface area contributed by atoms with Gasteiger partial charge in [0, 0.05) is 18.8 Å². The summed E-state index contributed by atoms with van der Waals surface area (Å²) in [5, 5.41) is 5.02. The number of carbonyl (C=O) groups excluding carboxylic acids is 3. The zero-order valence-corrected chi connectivity index (χ0v) is 15.8. The Labute approximate surface area is 155 Å². The lowest BCUT2D eigenvalue weighted by atomic mass is 10.2. The molecular weight excluding hydrogens is 380 g/mol. The molecule has 26 heavy (non-hydrogen) atoms. The Morgan fingerprint density at radius 1 is 1.19 bits per heavy atom. The summed E-state index contributed by atoms with van der Waals surface area (Å²) >= 11 is 0.991. The van der Waals surface area contributed by atoms with Crippen molar-refractivity contribution >= 4 is 44.7 Å². The third kappa shape index (κ3) is 6.65. The van der Waals surface area contributed by atoms with Crippen LogP contribution in [-0.4, -0.2) is 55.6 Å². The molecule has 142 valence electrons. The van der Waals surface area contributed by atoms with Gasteiger partial charge in [-0.1, -0.05) is 23.9 Å². The van der Waals surface area contributed by atoms with E-state index < -0.39 is 16.1 Å². The largest absolute Gasteiger partial charge is 0.338 e. The van der Waals surface area contributed by atoms with Crippen molar-refractivity contribution in [2.45, 2.75) is 13.0 Å². The molecule has 9 nitrogen and oxygen atoms in total. The fraction of sp³-hybridized carbons (Fsp3) is 0.400. The molecular formula is C15H20N4O5S2. The van der Waals surface area contributed by atoms with Crippen LogP contribution in [0.3, 0.4) is 0 Å². The van der Waals surface area contributed by atoms with Crippen molar-refractivity contribution in [3.05, 3.63) is 29.8 Å². The van der Waals surface area contributed by atoms with Crippen molar-refractivity contribution in [2.75, 3.05) is 30.4 Å². The number of urea groups is 1. The fourth-order valence-corrected chi connectivity index (χ4v) is 3.37. The molecule has 0 bridgehead atoms. The molecule has 0 atom stereocenters. The lowest BCUT2D eigenvalue weighted by Gasteiger charge is -2.13. The Balaban J connectivity index is 1.73. The molecule has 0 saturated carbocycles. The zero-order chi connectivity index (χ0) is 19.2. The van der Waals surface area contributed by atoms with Crippen molar-refractivity contribution < 1.29 is 22.8 Å². The smallest absolute Gasteiger partial charge is 0.319 e. The normalized spacial score (nSPS) is 14.6. The molecule has 0 aliphatic carbocycles. The van der Waals surface area contributed by atoms with Crippen LogP contribution in [0.5, 0.6) is 0 Å². The first-order valence-corrected chi connectivity index (χ1v) is 10.7. The first kappa shape index (κ1) is 20.2. The molecule has 4 amide bonds. The van der Waals surface area contributed by atoms with Crippen molar-refractivity contribution in [2.24, 2.45) is 0 Å². The maximum Gasteiger partial charge on any atom is 0.319 e. The second kappa shape index (κ2) is 9.01.